The third-order valence-electron chi connectivity index (χ3n) is 4.72. The van der Waals surface area contributed by atoms with Crippen molar-refractivity contribution in [3.8, 4) is 0 Å². The maximum atomic E-state index is 12.8. The molecule has 21 heavy (non-hydrogen) atoms. The van der Waals surface area contributed by atoms with Crippen LogP contribution >= 0.6 is 12.4 Å². The van der Waals surface area contributed by atoms with Gasteiger partial charge < -0.3 is 10.2 Å². The Hall–Kier alpha value is -1.06. The molecule has 4 rings (SSSR count). The second kappa shape index (κ2) is 5.98. The van der Waals surface area contributed by atoms with Crippen LogP contribution in [0.25, 0.3) is 0 Å². The monoisotopic (exact) mass is 306 g/mol. The molecule has 1 aromatic carbocycles. The molecular weight excluding hydrogens is 284 g/mol. The molecule has 1 aliphatic heterocycles. The van der Waals surface area contributed by atoms with Crippen molar-refractivity contribution in [1.82, 2.24) is 10.2 Å². The number of carbonyl (C=O) groups is 1. The summed E-state index contributed by atoms with van der Waals surface area (Å²) < 4.78 is 0. The molecule has 1 N–H and O–H groups in total. The van der Waals surface area contributed by atoms with Crippen LogP contribution in [0.4, 0.5) is 0 Å². The molecule has 0 aromatic heterocycles. The molecule has 1 aromatic rings. The van der Waals surface area contributed by atoms with Gasteiger partial charge in [0.15, 0.2) is 0 Å². The molecule has 3 nitrogen and oxygen atoms in total. The van der Waals surface area contributed by atoms with E-state index in [2.05, 4.69) is 22.3 Å². The van der Waals surface area contributed by atoms with Crippen LogP contribution in [0.5, 0.6) is 0 Å². The quantitative estimate of drug-likeness (QED) is 0.907. The standard InChI is InChI=1S/C17H22N2O.ClH/c20-17(14-5-6-15-8-18-9-16(15)7-14)19(10-12-1-2-12)11-13-3-4-13;/h5-7,12-13,18H,1-4,8-11H2;1H. The summed E-state index contributed by atoms with van der Waals surface area (Å²) in [4.78, 5) is 14.9. The summed E-state index contributed by atoms with van der Waals surface area (Å²) in [5, 5.41) is 3.34. The SMILES string of the molecule is Cl.O=C(c1ccc2c(c1)CNC2)N(CC1CC1)CC1CC1. The third kappa shape index (κ3) is 3.41. The molecule has 2 saturated carbocycles. The van der Waals surface area contributed by atoms with E-state index in [9.17, 15) is 4.79 Å². The summed E-state index contributed by atoms with van der Waals surface area (Å²) in [6.45, 7) is 3.80. The van der Waals surface area contributed by atoms with Crippen molar-refractivity contribution in [2.24, 2.45) is 11.8 Å². The van der Waals surface area contributed by atoms with Gasteiger partial charge in [-0.15, -0.1) is 12.4 Å². The van der Waals surface area contributed by atoms with E-state index >= 15 is 0 Å². The molecule has 0 radical (unpaired) electrons. The first-order valence-corrected chi connectivity index (χ1v) is 7.91. The van der Waals surface area contributed by atoms with Gasteiger partial charge in [0.05, 0.1) is 0 Å². The van der Waals surface area contributed by atoms with Gasteiger partial charge in [0.25, 0.3) is 5.91 Å². The summed E-state index contributed by atoms with van der Waals surface area (Å²) in [5.41, 5.74) is 3.53. The highest BCUT2D eigenvalue weighted by molar-refractivity contribution is 5.94. The number of benzene rings is 1. The van der Waals surface area contributed by atoms with E-state index in [0.29, 0.717) is 0 Å². The van der Waals surface area contributed by atoms with E-state index in [1.807, 2.05) is 6.07 Å². The Labute approximate surface area is 132 Å². The van der Waals surface area contributed by atoms with Crippen molar-refractivity contribution in [3.63, 3.8) is 0 Å². The predicted octanol–water partition coefficient (Wildman–Crippen LogP) is 2.97. The lowest BCUT2D eigenvalue weighted by Crippen LogP contribution is -2.34. The average Bonchev–Trinajstić information content (AvgIpc) is 3.38. The maximum absolute atomic E-state index is 12.8. The first kappa shape index (κ1) is 14.9. The average molecular weight is 307 g/mol. The Morgan fingerprint density at radius 1 is 1.05 bits per heavy atom. The van der Waals surface area contributed by atoms with E-state index in [4.69, 9.17) is 0 Å². The van der Waals surface area contributed by atoms with Gasteiger partial charge >= 0.3 is 0 Å². The van der Waals surface area contributed by atoms with E-state index in [0.717, 1.165) is 43.6 Å². The topological polar surface area (TPSA) is 32.3 Å². The van der Waals surface area contributed by atoms with Gasteiger partial charge in [-0.1, -0.05) is 6.07 Å². The van der Waals surface area contributed by atoms with Gasteiger partial charge in [-0.05, 0) is 60.8 Å². The number of rotatable bonds is 5. The van der Waals surface area contributed by atoms with Crippen LogP contribution < -0.4 is 5.32 Å². The zero-order valence-electron chi connectivity index (χ0n) is 12.3. The number of halogens is 1. The van der Waals surface area contributed by atoms with Crippen molar-refractivity contribution >= 4 is 18.3 Å². The molecule has 0 bridgehead atoms. The second-order valence-electron chi connectivity index (χ2n) is 6.68. The van der Waals surface area contributed by atoms with Crippen LogP contribution in [0, 0.1) is 11.8 Å². The lowest BCUT2D eigenvalue weighted by Gasteiger charge is -2.23. The molecule has 3 aliphatic rings. The Bertz CT molecular complexity index is 524. The molecule has 4 heteroatoms. The van der Waals surface area contributed by atoms with Crippen molar-refractivity contribution < 1.29 is 4.79 Å². The number of hydrogen-bond donors (Lipinski definition) is 1. The predicted molar refractivity (Wildman–Crippen MR) is 85.6 cm³/mol. The fourth-order valence-electron chi connectivity index (χ4n) is 3.07. The second-order valence-corrected chi connectivity index (χ2v) is 6.68. The summed E-state index contributed by atoms with van der Waals surface area (Å²) in [6, 6.07) is 6.24. The fraction of sp³-hybridized carbons (Fsp3) is 0.588. The minimum Gasteiger partial charge on any atom is -0.338 e. The highest BCUT2D eigenvalue weighted by atomic mass is 35.5. The van der Waals surface area contributed by atoms with Crippen LogP contribution in [0.15, 0.2) is 18.2 Å². The van der Waals surface area contributed by atoms with E-state index in [1.54, 1.807) is 0 Å². The Balaban J connectivity index is 0.00000132. The molecule has 1 amide bonds. The Morgan fingerprint density at radius 3 is 2.29 bits per heavy atom. The molecule has 2 aliphatic carbocycles. The summed E-state index contributed by atoms with van der Waals surface area (Å²) in [5.74, 6) is 1.79. The van der Waals surface area contributed by atoms with Crippen LogP contribution in [0.3, 0.4) is 0 Å². The number of nitrogens with one attached hydrogen (secondary N) is 1. The number of hydrogen-bond acceptors (Lipinski definition) is 2. The first-order valence-electron chi connectivity index (χ1n) is 7.91. The molecule has 2 fully saturated rings. The smallest absolute Gasteiger partial charge is 0.253 e. The number of nitrogens with zero attached hydrogens (tertiary/aromatic N) is 1. The Kier molecular flexibility index (Phi) is 4.23. The molecule has 1 heterocycles. The molecular formula is C17H23ClN2O. The summed E-state index contributed by atoms with van der Waals surface area (Å²) in [6.07, 6.45) is 5.23. The largest absolute Gasteiger partial charge is 0.338 e. The minimum atomic E-state index is 0. The van der Waals surface area contributed by atoms with Crippen molar-refractivity contribution in [2.75, 3.05) is 13.1 Å². The van der Waals surface area contributed by atoms with Crippen molar-refractivity contribution in [1.29, 1.82) is 0 Å². The maximum Gasteiger partial charge on any atom is 0.253 e. The van der Waals surface area contributed by atoms with Gasteiger partial charge in [0.2, 0.25) is 0 Å². The van der Waals surface area contributed by atoms with Gasteiger partial charge in [0.1, 0.15) is 0 Å². The number of fused-ring (bicyclic) bond motifs is 1. The minimum absolute atomic E-state index is 0. The zero-order valence-corrected chi connectivity index (χ0v) is 13.1. The molecule has 114 valence electrons. The number of amides is 1. The lowest BCUT2D eigenvalue weighted by molar-refractivity contribution is 0.0739. The molecule has 0 saturated heterocycles. The summed E-state index contributed by atoms with van der Waals surface area (Å²) >= 11 is 0. The Morgan fingerprint density at radius 2 is 1.67 bits per heavy atom. The lowest BCUT2D eigenvalue weighted by atomic mass is 10.1. The normalized spacial score (nSPS) is 19.8. The molecule has 0 spiro atoms. The zero-order chi connectivity index (χ0) is 13.5. The van der Waals surface area contributed by atoms with E-state index in [-0.39, 0.29) is 18.3 Å². The van der Waals surface area contributed by atoms with Crippen LogP contribution in [0.2, 0.25) is 0 Å². The van der Waals surface area contributed by atoms with Gasteiger partial charge in [-0.2, -0.15) is 0 Å². The van der Waals surface area contributed by atoms with Crippen molar-refractivity contribution in [2.45, 2.75) is 38.8 Å². The van der Waals surface area contributed by atoms with Gasteiger partial charge in [-0.3, -0.25) is 4.79 Å². The molecule has 0 unspecified atom stereocenters. The van der Waals surface area contributed by atoms with Crippen molar-refractivity contribution in [3.05, 3.63) is 34.9 Å². The van der Waals surface area contributed by atoms with E-state index < -0.39 is 0 Å². The third-order valence-corrected chi connectivity index (χ3v) is 4.72. The van der Waals surface area contributed by atoms with Crippen LogP contribution in [-0.4, -0.2) is 23.9 Å². The van der Waals surface area contributed by atoms with Crippen LogP contribution in [-0.2, 0) is 13.1 Å². The van der Waals surface area contributed by atoms with Gasteiger partial charge in [0, 0.05) is 31.7 Å². The summed E-state index contributed by atoms with van der Waals surface area (Å²) in [7, 11) is 0. The van der Waals surface area contributed by atoms with E-state index in [1.165, 1.54) is 36.8 Å². The fourth-order valence-corrected chi connectivity index (χ4v) is 3.07. The number of carbonyl (C=O) groups excluding carboxylic acids is 1. The first-order chi connectivity index (χ1) is 9.79. The highest BCUT2D eigenvalue weighted by Crippen LogP contribution is 2.34. The van der Waals surface area contributed by atoms with Gasteiger partial charge in [-0.25, -0.2) is 0 Å². The molecule has 0 atom stereocenters. The highest BCUT2D eigenvalue weighted by Gasteiger charge is 2.32. The van der Waals surface area contributed by atoms with Crippen LogP contribution in [0.1, 0.15) is 47.2 Å².